The number of rotatable bonds is 6. The molecule has 2 aromatic carbocycles. The van der Waals surface area contributed by atoms with Crippen molar-refractivity contribution in [3.63, 3.8) is 0 Å². The Morgan fingerprint density at radius 3 is 2.41 bits per heavy atom. The zero-order valence-corrected chi connectivity index (χ0v) is 19.7. The van der Waals surface area contributed by atoms with Crippen molar-refractivity contribution in [2.24, 2.45) is 0 Å². The number of Topliss-reactive ketones (excluding diaryl/α,β-unsaturated/α-hetero) is 1. The minimum absolute atomic E-state index is 0.0444. The molecular weight excluding hydrogens is 448 g/mol. The normalized spacial score (nSPS) is 11.9. The summed E-state index contributed by atoms with van der Waals surface area (Å²) in [6.07, 6.45) is 3.03. The number of hydrogen-bond donors (Lipinski definition) is 0. The Bertz CT molecular complexity index is 1560. The molecule has 4 aromatic rings. The molecule has 0 saturated heterocycles. The van der Waals surface area contributed by atoms with E-state index in [1.165, 1.54) is 24.4 Å². The summed E-state index contributed by atoms with van der Waals surface area (Å²) in [6, 6.07) is 20.5. The van der Waals surface area contributed by atoms with Gasteiger partial charge in [-0.05, 0) is 43.3 Å². The number of nitrogens with zero attached hydrogens (tertiary/aromatic N) is 4. The lowest BCUT2D eigenvalue weighted by Gasteiger charge is -2.13. The second kappa shape index (κ2) is 8.96. The van der Waals surface area contributed by atoms with Crippen LogP contribution in [0.3, 0.4) is 0 Å². The van der Waals surface area contributed by atoms with Crippen molar-refractivity contribution in [1.29, 1.82) is 5.26 Å². The topological polar surface area (TPSA) is 96.1 Å². The van der Waals surface area contributed by atoms with Gasteiger partial charge in [-0.3, -0.25) is 9.78 Å². The van der Waals surface area contributed by atoms with E-state index < -0.39 is 15.8 Å². The fourth-order valence-electron chi connectivity index (χ4n) is 3.64. The van der Waals surface area contributed by atoms with Gasteiger partial charge < -0.3 is 4.90 Å². The quantitative estimate of drug-likeness (QED) is 0.235. The predicted octanol–water partition coefficient (Wildman–Crippen LogP) is 4.40. The molecule has 0 N–H and O–H groups in total. The Morgan fingerprint density at radius 1 is 1.06 bits per heavy atom. The van der Waals surface area contributed by atoms with Gasteiger partial charge in [-0.1, -0.05) is 35.9 Å². The van der Waals surface area contributed by atoms with Gasteiger partial charge in [0.05, 0.1) is 16.1 Å². The molecule has 7 nitrogen and oxygen atoms in total. The number of nitriles is 1. The summed E-state index contributed by atoms with van der Waals surface area (Å²) < 4.78 is 28.6. The smallest absolute Gasteiger partial charge is 0.268 e. The third kappa shape index (κ3) is 4.21. The van der Waals surface area contributed by atoms with Crippen LogP contribution in [0.25, 0.3) is 22.2 Å². The predicted molar refractivity (Wildman–Crippen MR) is 131 cm³/mol. The van der Waals surface area contributed by atoms with Crippen LogP contribution in [-0.2, 0) is 10.0 Å². The summed E-state index contributed by atoms with van der Waals surface area (Å²) >= 11 is 0. The number of fused-ring (bicyclic) bond motifs is 1. The van der Waals surface area contributed by atoms with Crippen molar-refractivity contribution in [2.45, 2.75) is 11.8 Å². The second-order valence-electron chi connectivity index (χ2n) is 8.05. The highest BCUT2D eigenvalue weighted by molar-refractivity contribution is 7.90. The Balaban J connectivity index is 2.03. The van der Waals surface area contributed by atoms with E-state index in [4.69, 9.17) is 0 Å². The van der Waals surface area contributed by atoms with Crippen LogP contribution in [0.4, 0.5) is 0 Å². The van der Waals surface area contributed by atoms with Crippen LogP contribution in [0, 0.1) is 18.3 Å². The van der Waals surface area contributed by atoms with E-state index in [2.05, 4.69) is 4.98 Å². The zero-order chi connectivity index (χ0) is 24.5. The van der Waals surface area contributed by atoms with E-state index in [0.29, 0.717) is 22.2 Å². The van der Waals surface area contributed by atoms with Crippen LogP contribution >= 0.6 is 0 Å². The molecule has 2 aromatic heterocycles. The Kier molecular flexibility index (Phi) is 6.05. The van der Waals surface area contributed by atoms with Gasteiger partial charge in [-0.15, -0.1) is 0 Å². The van der Waals surface area contributed by atoms with Crippen LogP contribution in [-0.4, -0.2) is 42.2 Å². The monoisotopic (exact) mass is 470 g/mol. The summed E-state index contributed by atoms with van der Waals surface area (Å²) in [5.74, 6) is -0.678. The highest BCUT2D eigenvalue weighted by atomic mass is 32.2. The number of carbonyl (C=O) groups excluding carboxylic acids is 1. The summed E-state index contributed by atoms with van der Waals surface area (Å²) in [5, 5.41) is 10.1. The maximum absolute atomic E-state index is 13.8. The molecule has 2 heterocycles. The van der Waals surface area contributed by atoms with Crippen molar-refractivity contribution in [3.05, 3.63) is 96.0 Å². The SMILES string of the molecule is Cc1ccc(S(=O)(=O)n2c(C(=O)/C(C#N)=C/N(C)C)cc3ccc(-c4ccccn4)cc32)cc1. The number of aromatic nitrogens is 2. The molecule has 0 amide bonds. The summed E-state index contributed by atoms with van der Waals surface area (Å²) in [5.41, 5.74) is 2.33. The number of allylic oxidation sites excluding steroid dienone is 1. The number of aryl methyl sites for hydroxylation is 1. The molecule has 0 aliphatic heterocycles. The van der Waals surface area contributed by atoms with Crippen LogP contribution in [0.2, 0.25) is 0 Å². The van der Waals surface area contributed by atoms with E-state index >= 15 is 0 Å². The number of hydrogen-bond acceptors (Lipinski definition) is 6. The van der Waals surface area contributed by atoms with E-state index in [-0.39, 0.29) is 16.2 Å². The molecule has 0 fully saturated rings. The first kappa shape index (κ1) is 23.0. The zero-order valence-electron chi connectivity index (χ0n) is 18.9. The fourth-order valence-corrected chi connectivity index (χ4v) is 5.14. The van der Waals surface area contributed by atoms with Gasteiger partial charge in [0.1, 0.15) is 17.3 Å². The molecule has 8 heteroatoms. The maximum Gasteiger partial charge on any atom is 0.268 e. The van der Waals surface area contributed by atoms with Gasteiger partial charge in [0.2, 0.25) is 5.78 Å². The number of ketones is 1. The van der Waals surface area contributed by atoms with Crippen LogP contribution in [0.5, 0.6) is 0 Å². The summed E-state index contributed by atoms with van der Waals surface area (Å²) in [6.45, 7) is 1.86. The number of pyridine rings is 1. The minimum Gasteiger partial charge on any atom is -0.382 e. The van der Waals surface area contributed by atoms with Gasteiger partial charge in [-0.25, -0.2) is 12.4 Å². The van der Waals surface area contributed by atoms with Crippen LogP contribution in [0.15, 0.2) is 89.6 Å². The molecule has 170 valence electrons. The summed E-state index contributed by atoms with van der Waals surface area (Å²) in [4.78, 5) is 19.3. The molecule has 4 rings (SSSR count). The standard InChI is InChI=1S/C26H22N4O3S/c1-18-7-11-22(12-8-18)34(32,33)30-24-14-19(23-6-4-5-13-28-23)9-10-20(24)15-25(30)26(31)21(16-27)17-29(2)3/h4-15,17H,1-3H3/b21-17+. The van der Waals surface area contributed by atoms with E-state index in [0.717, 1.165) is 9.54 Å². The van der Waals surface area contributed by atoms with Crippen molar-refractivity contribution >= 4 is 26.7 Å². The lowest BCUT2D eigenvalue weighted by atomic mass is 10.1. The third-order valence-electron chi connectivity index (χ3n) is 5.27. The van der Waals surface area contributed by atoms with Crippen molar-refractivity contribution in [1.82, 2.24) is 13.9 Å². The third-order valence-corrected chi connectivity index (χ3v) is 7.01. The van der Waals surface area contributed by atoms with Gasteiger partial charge >= 0.3 is 0 Å². The second-order valence-corrected chi connectivity index (χ2v) is 9.83. The average molecular weight is 471 g/mol. The first-order valence-corrected chi connectivity index (χ1v) is 11.9. The molecule has 0 unspecified atom stereocenters. The fraction of sp³-hybridized carbons (Fsp3) is 0.115. The molecule has 0 bridgehead atoms. The molecule has 0 saturated carbocycles. The molecule has 0 aliphatic rings. The largest absolute Gasteiger partial charge is 0.382 e. The van der Waals surface area contributed by atoms with Crippen LogP contribution < -0.4 is 0 Å². The van der Waals surface area contributed by atoms with Crippen molar-refractivity contribution in [3.8, 4) is 17.3 Å². The van der Waals surface area contributed by atoms with Crippen LogP contribution in [0.1, 0.15) is 16.1 Å². The van der Waals surface area contributed by atoms with E-state index in [1.807, 2.05) is 31.2 Å². The molecular formula is C26H22N4O3S. The highest BCUT2D eigenvalue weighted by Gasteiger charge is 2.28. The molecule has 0 atom stereocenters. The van der Waals surface area contributed by atoms with Gasteiger partial charge in [-0.2, -0.15) is 5.26 Å². The maximum atomic E-state index is 13.8. The van der Waals surface area contributed by atoms with E-state index in [1.54, 1.807) is 55.5 Å². The van der Waals surface area contributed by atoms with E-state index in [9.17, 15) is 18.5 Å². The lowest BCUT2D eigenvalue weighted by molar-refractivity contribution is 0.103. The minimum atomic E-state index is -4.16. The van der Waals surface area contributed by atoms with Gasteiger partial charge in [0, 0.05) is 37.4 Å². The molecule has 0 radical (unpaired) electrons. The Hall–Kier alpha value is -4.22. The summed E-state index contributed by atoms with van der Waals surface area (Å²) in [7, 11) is -0.793. The van der Waals surface area contributed by atoms with Gasteiger partial charge in [0.15, 0.2) is 0 Å². The van der Waals surface area contributed by atoms with Crippen molar-refractivity contribution in [2.75, 3.05) is 14.1 Å². The molecule has 0 aliphatic carbocycles. The number of benzene rings is 2. The first-order valence-electron chi connectivity index (χ1n) is 10.4. The lowest BCUT2D eigenvalue weighted by Crippen LogP contribution is -2.20. The highest BCUT2D eigenvalue weighted by Crippen LogP contribution is 2.31. The molecule has 0 spiro atoms. The first-order chi connectivity index (χ1) is 16.2. The average Bonchev–Trinajstić information content (AvgIpc) is 3.22. The number of carbonyl (C=O) groups is 1. The molecule has 34 heavy (non-hydrogen) atoms. The Morgan fingerprint density at radius 2 is 1.79 bits per heavy atom. The van der Waals surface area contributed by atoms with Gasteiger partial charge in [0.25, 0.3) is 10.0 Å². The Labute approximate surface area is 198 Å². The van der Waals surface area contributed by atoms with Crippen molar-refractivity contribution < 1.29 is 13.2 Å².